The van der Waals surface area contributed by atoms with E-state index >= 15 is 0 Å². The number of hydrogen-bond acceptors (Lipinski definition) is 4. The van der Waals surface area contributed by atoms with Crippen molar-refractivity contribution in [2.75, 3.05) is 0 Å². The number of benzene rings is 3. The average molecular weight is 422 g/mol. The minimum absolute atomic E-state index is 0.246. The van der Waals surface area contributed by atoms with Gasteiger partial charge >= 0.3 is 0 Å². The summed E-state index contributed by atoms with van der Waals surface area (Å²) in [4.78, 5) is 17.7. The van der Waals surface area contributed by atoms with E-state index in [9.17, 15) is 4.79 Å². The zero-order valence-corrected chi connectivity index (χ0v) is 17.6. The Balaban J connectivity index is 1.32. The van der Waals surface area contributed by atoms with Gasteiger partial charge in [-0.1, -0.05) is 60.7 Å². The molecular formula is C27H23N3O2. The molecular weight excluding hydrogens is 398 g/mol. The molecule has 1 heterocycles. The maximum absolute atomic E-state index is 13.0. The maximum atomic E-state index is 13.0. The molecule has 32 heavy (non-hydrogen) atoms. The molecule has 0 bridgehead atoms. The Labute approximate surface area is 186 Å². The molecule has 0 radical (unpaired) electrons. The maximum Gasteiger partial charge on any atom is 0.272 e. The highest BCUT2D eigenvalue weighted by molar-refractivity contribution is 6.06. The van der Waals surface area contributed by atoms with Gasteiger partial charge in [-0.05, 0) is 42.7 Å². The fourth-order valence-electron chi connectivity index (χ4n) is 3.65. The van der Waals surface area contributed by atoms with Crippen molar-refractivity contribution in [1.29, 1.82) is 0 Å². The van der Waals surface area contributed by atoms with Crippen LogP contribution >= 0.6 is 0 Å². The van der Waals surface area contributed by atoms with Crippen molar-refractivity contribution in [3.8, 4) is 5.75 Å². The van der Waals surface area contributed by atoms with Gasteiger partial charge in [0.15, 0.2) is 0 Å². The van der Waals surface area contributed by atoms with Crippen LogP contribution in [-0.4, -0.2) is 17.1 Å². The van der Waals surface area contributed by atoms with Gasteiger partial charge in [0.25, 0.3) is 5.91 Å². The van der Waals surface area contributed by atoms with E-state index in [2.05, 4.69) is 10.5 Å². The molecule has 0 atom stereocenters. The lowest BCUT2D eigenvalue weighted by atomic mass is 10.1. The Hall–Kier alpha value is -3.99. The van der Waals surface area contributed by atoms with E-state index in [1.54, 1.807) is 6.21 Å². The number of ether oxygens (including phenoxy) is 1. The van der Waals surface area contributed by atoms with E-state index in [0.29, 0.717) is 23.8 Å². The second kappa shape index (κ2) is 9.02. The van der Waals surface area contributed by atoms with E-state index in [1.807, 2.05) is 84.9 Å². The molecule has 1 amide bonds. The van der Waals surface area contributed by atoms with E-state index in [0.717, 1.165) is 40.6 Å². The first kappa shape index (κ1) is 19.9. The molecule has 0 unspecified atom stereocenters. The van der Waals surface area contributed by atoms with Crippen LogP contribution in [0.4, 0.5) is 0 Å². The summed E-state index contributed by atoms with van der Waals surface area (Å²) in [6.45, 7) is 0.463. The standard InChI is InChI=1S/C27H23N3O2/c31-27(23-16-25(20-14-15-20)29-24-12-6-5-11-22(23)24)30-28-17-21-10-4-7-13-26(21)32-18-19-8-2-1-3-9-19/h1-13,16-17,20H,14-15,18H2,(H,30,31). The number of pyridine rings is 1. The van der Waals surface area contributed by atoms with Crippen LogP contribution in [0.5, 0.6) is 5.75 Å². The number of nitrogens with zero attached hydrogens (tertiary/aromatic N) is 2. The molecule has 1 fully saturated rings. The first-order valence-corrected chi connectivity index (χ1v) is 10.8. The van der Waals surface area contributed by atoms with Crippen LogP contribution in [0.3, 0.4) is 0 Å². The summed E-state index contributed by atoms with van der Waals surface area (Å²) in [5.74, 6) is 0.924. The lowest BCUT2D eigenvalue weighted by Crippen LogP contribution is -2.18. The third-order valence-electron chi connectivity index (χ3n) is 5.50. The SMILES string of the molecule is O=C(NN=Cc1ccccc1OCc1ccccc1)c1cc(C2CC2)nc2ccccc12. The summed E-state index contributed by atoms with van der Waals surface area (Å²) in [5, 5.41) is 5.04. The number of hydrazone groups is 1. The molecule has 0 aliphatic heterocycles. The van der Waals surface area contributed by atoms with Gasteiger partial charge in [0.05, 0.1) is 17.3 Å². The normalized spacial score (nSPS) is 13.4. The third kappa shape index (κ3) is 4.52. The second-order valence-corrected chi connectivity index (χ2v) is 7.90. The molecule has 5 nitrogen and oxygen atoms in total. The molecule has 0 saturated heterocycles. The Morgan fingerprint density at radius 3 is 2.59 bits per heavy atom. The summed E-state index contributed by atoms with van der Waals surface area (Å²) in [6.07, 6.45) is 3.87. The van der Waals surface area contributed by atoms with Crippen LogP contribution in [0, 0.1) is 0 Å². The summed E-state index contributed by atoms with van der Waals surface area (Å²) in [5.41, 5.74) is 6.98. The smallest absolute Gasteiger partial charge is 0.272 e. The van der Waals surface area contributed by atoms with Crippen LogP contribution < -0.4 is 10.2 Å². The number of carbonyl (C=O) groups is 1. The van der Waals surface area contributed by atoms with Crippen molar-refractivity contribution in [2.45, 2.75) is 25.4 Å². The Morgan fingerprint density at radius 1 is 1.00 bits per heavy atom. The van der Waals surface area contributed by atoms with Crippen LogP contribution in [0.15, 0.2) is 90.0 Å². The van der Waals surface area contributed by atoms with Crippen molar-refractivity contribution in [3.05, 3.63) is 107 Å². The molecule has 1 aromatic heterocycles. The van der Waals surface area contributed by atoms with E-state index in [1.165, 1.54) is 0 Å². The van der Waals surface area contributed by atoms with E-state index in [4.69, 9.17) is 9.72 Å². The zero-order valence-electron chi connectivity index (χ0n) is 17.6. The zero-order chi connectivity index (χ0) is 21.8. The van der Waals surface area contributed by atoms with Gasteiger partial charge in [-0.3, -0.25) is 9.78 Å². The molecule has 1 saturated carbocycles. The van der Waals surface area contributed by atoms with Gasteiger partial charge in [0.1, 0.15) is 12.4 Å². The predicted molar refractivity (Wildman–Crippen MR) is 126 cm³/mol. The Morgan fingerprint density at radius 2 is 1.75 bits per heavy atom. The molecule has 3 aromatic carbocycles. The minimum atomic E-state index is -0.246. The highest BCUT2D eigenvalue weighted by Crippen LogP contribution is 2.40. The monoisotopic (exact) mass is 421 g/mol. The lowest BCUT2D eigenvalue weighted by molar-refractivity contribution is 0.0956. The molecule has 1 N–H and O–H groups in total. The van der Waals surface area contributed by atoms with Crippen LogP contribution in [-0.2, 0) is 6.61 Å². The number of amides is 1. The van der Waals surface area contributed by atoms with Gasteiger partial charge < -0.3 is 4.74 Å². The molecule has 158 valence electrons. The molecule has 4 aromatic rings. The highest BCUT2D eigenvalue weighted by atomic mass is 16.5. The van der Waals surface area contributed by atoms with Gasteiger partial charge in [-0.2, -0.15) is 5.10 Å². The number of hydrogen-bond donors (Lipinski definition) is 1. The predicted octanol–water partition coefficient (Wildman–Crippen LogP) is 5.46. The molecule has 5 heteroatoms. The number of fused-ring (bicyclic) bond motifs is 1. The van der Waals surface area contributed by atoms with Crippen molar-refractivity contribution < 1.29 is 9.53 Å². The van der Waals surface area contributed by atoms with Crippen molar-refractivity contribution in [1.82, 2.24) is 10.4 Å². The number of rotatable bonds is 7. The molecule has 1 aliphatic carbocycles. The first-order valence-electron chi connectivity index (χ1n) is 10.8. The minimum Gasteiger partial charge on any atom is -0.488 e. The molecule has 0 spiro atoms. The number of nitrogens with one attached hydrogen (secondary N) is 1. The summed E-state index contributed by atoms with van der Waals surface area (Å²) >= 11 is 0. The fourth-order valence-corrected chi connectivity index (χ4v) is 3.65. The number of para-hydroxylation sites is 2. The third-order valence-corrected chi connectivity index (χ3v) is 5.50. The topological polar surface area (TPSA) is 63.6 Å². The summed E-state index contributed by atoms with van der Waals surface area (Å²) in [7, 11) is 0. The quantitative estimate of drug-likeness (QED) is 0.319. The summed E-state index contributed by atoms with van der Waals surface area (Å²) in [6, 6.07) is 27.2. The Kier molecular flexibility index (Phi) is 5.62. The number of aromatic nitrogens is 1. The average Bonchev–Trinajstić information content (AvgIpc) is 3.69. The van der Waals surface area contributed by atoms with Crippen molar-refractivity contribution >= 4 is 23.0 Å². The van der Waals surface area contributed by atoms with Crippen molar-refractivity contribution in [3.63, 3.8) is 0 Å². The van der Waals surface area contributed by atoms with Gasteiger partial charge in [-0.15, -0.1) is 0 Å². The van der Waals surface area contributed by atoms with E-state index in [-0.39, 0.29) is 5.91 Å². The fraction of sp³-hybridized carbons (Fsp3) is 0.148. The highest BCUT2D eigenvalue weighted by Gasteiger charge is 2.26. The van der Waals surface area contributed by atoms with E-state index < -0.39 is 0 Å². The van der Waals surface area contributed by atoms with Crippen LogP contribution in [0.1, 0.15) is 45.9 Å². The van der Waals surface area contributed by atoms with Gasteiger partial charge in [0.2, 0.25) is 0 Å². The molecule has 5 rings (SSSR count). The van der Waals surface area contributed by atoms with Crippen LogP contribution in [0.25, 0.3) is 10.9 Å². The number of carbonyl (C=O) groups excluding carboxylic acids is 1. The first-order chi connectivity index (χ1) is 15.8. The van der Waals surface area contributed by atoms with Gasteiger partial charge in [-0.25, -0.2) is 5.43 Å². The summed E-state index contributed by atoms with van der Waals surface area (Å²) < 4.78 is 5.96. The lowest BCUT2D eigenvalue weighted by Gasteiger charge is -2.09. The largest absolute Gasteiger partial charge is 0.488 e. The van der Waals surface area contributed by atoms with Crippen molar-refractivity contribution in [2.24, 2.45) is 5.10 Å². The second-order valence-electron chi connectivity index (χ2n) is 7.90. The Bertz CT molecular complexity index is 1280. The molecule has 1 aliphatic rings. The van der Waals surface area contributed by atoms with Crippen LogP contribution in [0.2, 0.25) is 0 Å². The van der Waals surface area contributed by atoms with Gasteiger partial charge in [0, 0.05) is 22.6 Å².